The molecular weight excluding hydrogens is 406 g/mol. The molecule has 0 aliphatic heterocycles. The van der Waals surface area contributed by atoms with Crippen LogP contribution in [0.4, 0.5) is 5.69 Å². The van der Waals surface area contributed by atoms with Gasteiger partial charge in [0.1, 0.15) is 5.75 Å². The lowest BCUT2D eigenvalue weighted by Crippen LogP contribution is -2.14. The molecule has 1 amide bonds. The van der Waals surface area contributed by atoms with Gasteiger partial charge in [-0.2, -0.15) is 0 Å². The van der Waals surface area contributed by atoms with Crippen LogP contribution in [0.1, 0.15) is 5.56 Å². The van der Waals surface area contributed by atoms with E-state index in [0.29, 0.717) is 0 Å². The van der Waals surface area contributed by atoms with Crippen LogP contribution in [0, 0.1) is 6.92 Å². The summed E-state index contributed by atoms with van der Waals surface area (Å²) < 4.78 is 7.37. The largest absolute Gasteiger partial charge is 0.497 e. The zero-order valence-electron chi connectivity index (χ0n) is 17.4. The highest BCUT2D eigenvalue weighted by Crippen LogP contribution is 2.31. The second-order valence-electron chi connectivity index (χ2n) is 7.03. The molecule has 0 saturated carbocycles. The van der Waals surface area contributed by atoms with Gasteiger partial charge in [0.05, 0.1) is 24.8 Å². The first-order chi connectivity index (χ1) is 15.1. The normalized spacial score (nSPS) is 10.6. The number of carbonyl (C=O) groups is 1. The van der Waals surface area contributed by atoms with E-state index in [9.17, 15) is 4.79 Å². The van der Waals surface area contributed by atoms with Gasteiger partial charge in [0.25, 0.3) is 0 Å². The number of ether oxygens (including phenoxy) is 1. The number of aromatic nitrogens is 2. The third kappa shape index (κ3) is 4.98. The van der Waals surface area contributed by atoms with Gasteiger partial charge in [-0.3, -0.25) is 9.36 Å². The lowest BCUT2D eigenvalue weighted by molar-refractivity contribution is -0.113. The summed E-state index contributed by atoms with van der Waals surface area (Å²) in [4.78, 5) is 17.1. The molecule has 1 aromatic heterocycles. The molecule has 156 valence electrons. The van der Waals surface area contributed by atoms with Crippen molar-refractivity contribution in [3.05, 3.63) is 90.6 Å². The fraction of sp³-hybridized carbons (Fsp3) is 0.120. The van der Waals surface area contributed by atoms with Crippen molar-refractivity contribution in [3.63, 3.8) is 0 Å². The lowest BCUT2D eigenvalue weighted by Gasteiger charge is -2.13. The van der Waals surface area contributed by atoms with Crippen LogP contribution in [0.25, 0.3) is 16.9 Å². The van der Waals surface area contributed by atoms with E-state index in [1.807, 2.05) is 60.8 Å². The van der Waals surface area contributed by atoms with Crippen molar-refractivity contribution in [2.75, 3.05) is 18.2 Å². The summed E-state index contributed by atoms with van der Waals surface area (Å²) in [6.45, 7) is 2.06. The Morgan fingerprint density at radius 1 is 1.00 bits per heavy atom. The number of aryl methyl sites for hydroxylation is 1. The van der Waals surface area contributed by atoms with E-state index >= 15 is 0 Å². The van der Waals surface area contributed by atoms with Crippen LogP contribution in [0.5, 0.6) is 5.75 Å². The minimum atomic E-state index is -0.0688. The average Bonchev–Trinajstić information content (AvgIpc) is 3.23. The molecule has 0 radical (unpaired) electrons. The zero-order chi connectivity index (χ0) is 21.6. The summed E-state index contributed by atoms with van der Waals surface area (Å²) in [5, 5.41) is 3.68. The van der Waals surface area contributed by atoms with Gasteiger partial charge in [0.15, 0.2) is 5.16 Å². The predicted octanol–water partition coefficient (Wildman–Crippen LogP) is 5.59. The maximum atomic E-state index is 12.4. The minimum Gasteiger partial charge on any atom is -0.497 e. The van der Waals surface area contributed by atoms with Crippen molar-refractivity contribution in [1.29, 1.82) is 0 Å². The Hall–Kier alpha value is -3.51. The molecule has 4 aromatic rings. The number of amides is 1. The summed E-state index contributed by atoms with van der Waals surface area (Å²) in [5.74, 6) is 0.998. The third-order valence-electron chi connectivity index (χ3n) is 4.80. The second kappa shape index (κ2) is 9.53. The van der Waals surface area contributed by atoms with E-state index in [0.717, 1.165) is 33.5 Å². The first kappa shape index (κ1) is 20.8. The van der Waals surface area contributed by atoms with Crippen LogP contribution < -0.4 is 10.1 Å². The van der Waals surface area contributed by atoms with Crippen LogP contribution >= 0.6 is 11.8 Å². The van der Waals surface area contributed by atoms with E-state index in [1.54, 1.807) is 7.11 Å². The number of nitrogens with one attached hydrogen (secondary N) is 1. The predicted molar refractivity (Wildman–Crippen MR) is 126 cm³/mol. The van der Waals surface area contributed by atoms with Crippen LogP contribution in [0.15, 0.2) is 90.2 Å². The molecule has 0 aliphatic carbocycles. The monoisotopic (exact) mass is 429 g/mol. The molecule has 4 rings (SSSR count). The van der Waals surface area contributed by atoms with E-state index in [1.165, 1.54) is 17.3 Å². The molecule has 0 spiro atoms. The molecule has 6 heteroatoms. The molecule has 0 aliphatic rings. The highest BCUT2D eigenvalue weighted by Gasteiger charge is 2.16. The molecular formula is C25H23N3O2S. The summed E-state index contributed by atoms with van der Waals surface area (Å²) in [6, 6.07) is 25.6. The first-order valence-corrected chi connectivity index (χ1v) is 10.9. The summed E-state index contributed by atoms with van der Waals surface area (Å²) in [6.07, 6.45) is 1.85. The molecule has 3 aromatic carbocycles. The first-order valence-electron chi connectivity index (χ1n) is 9.91. The molecule has 1 N–H and O–H groups in total. The van der Waals surface area contributed by atoms with E-state index in [2.05, 4.69) is 46.1 Å². The molecule has 0 atom stereocenters. The lowest BCUT2D eigenvalue weighted by atomic mass is 10.1. The maximum absolute atomic E-state index is 12.4. The van der Waals surface area contributed by atoms with Crippen molar-refractivity contribution < 1.29 is 9.53 Å². The van der Waals surface area contributed by atoms with Crippen LogP contribution in [-0.2, 0) is 4.79 Å². The minimum absolute atomic E-state index is 0.0688. The smallest absolute Gasteiger partial charge is 0.234 e. The zero-order valence-corrected chi connectivity index (χ0v) is 18.2. The van der Waals surface area contributed by atoms with Gasteiger partial charge in [0, 0.05) is 16.9 Å². The molecule has 0 unspecified atom stereocenters. The van der Waals surface area contributed by atoms with Gasteiger partial charge in [-0.25, -0.2) is 4.98 Å². The molecule has 0 bridgehead atoms. The van der Waals surface area contributed by atoms with Crippen LogP contribution in [0.2, 0.25) is 0 Å². The highest BCUT2D eigenvalue weighted by molar-refractivity contribution is 7.99. The number of rotatable bonds is 7. The van der Waals surface area contributed by atoms with Gasteiger partial charge < -0.3 is 10.1 Å². The van der Waals surface area contributed by atoms with E-state index in [4.69, 9.17) is 4.74 Å². The quantitative estimate of drug-likeness (QED) is 0.389. The Labute approximate surface area is 186 Å². The van der Waals surface area contributed by atoms with Crippen LogP contribution in [-0.4, -0.2) is 28.3 Å². The number of imidazole rings is 1. The van der Waals surface area contributed by atoms with Crippen LogP contribution in [0.3, 0.4) is 0 Å². The average molecular weight is 430 g/mol. The number of hydrogen-bond donors (Lipinski definition) is 1. The highest BCUT2D eigenvalue weighted by atomic mass is 32.2. The van der Waals surface area contributed by atoms with Crippen molar-refractivity contribution in [2.24, 2.45) is 0 Å². The SMILES string of the molecule is COc1ccc(-c2cnc(SCC(=O)Nc3ccccc3)n2-c2ccc(C)cc2)cc1. The number of anilines is 1. The molecule has 0 saturated heterocycles. The molecule has 5 nitrogen and oxygen atoms in total. The summed E-state index contributed by atoms with van der Waals surface area (Å²) >= 11 is 1.41. The van der Waals surface area contributed by atoms with Crippen molar-refractivity contribution in [3.8, 4) is 22.7 Å². The van der Waals surface area contributed by atoms with Crippen molar-refractivity contribution in [2.45, 2.75) is 12.1 Å². The molecule has 0 fully saturated rings. The number of nitrogens with zero attached hydrogens (tertiary/aromatic N) is 2. The van der Waals surface area contributed by atoms with Gasteiger partial charge in [0.2, 0.25) is 5.91 Å². The number of benzene rings is 3. The van der Waals surface area contributed by atoms with Gasteiger partial charge in [-0.05, 0) is 55.5 Å². The number of para-hydroxylation sites is 1. The Morgan fingerprint density at radius 2 is 1.71 bits per heavy atom. The van der Waals surface area contributed by atoms with E-state index in [-0.39, 0.29) is 11.7 Å². The second-order valence-corrected chi connectivity index (χ2v) is 7.97. The Balaban J connectivity index is 1.61. The number of hydrogen-bond acceptors (Lipinski definition) is 4. The maximum Gasteiger partial charge on any atom is 0.234 e. The number of carbonyl (C=O) groups excluding carboxylic acids is 1. The Morgan fingerprint density at radius 3 is 2.39 bits per heavy atom. The summed E-state index contributed by atoms with van der Waals surface area (Å²) in [7, 11) is 1.65. The van der Waals surface area contributed by atoms with Crippen molar-refractivity contribution in [1.82, 2.24) is 9.55 Å². The Kier molecular flexibility index (Phi) is 6.38. The van der Waals surface area contributed by atoms with Gasteiger partial charge in [-0.1, -0.05) is 47.7 Å². The molecule has 31 heavy (non-hydrogen) atoms. The van der Waals surface area contributed by atoms with Gasteiger partial charge in [-0.15, -0.1) is 0 Å². The van der Waals surface area contributed by atoms with Crippen molar-refractivity contribution >= 4 is 23.4 Å². The Bertz CT molecular complexity index is 1150. The van der Waals surface area contributed by atoms with Gasteiger partial charge >= 0.3 is 0 Å². The topological polar surface area (TPSA) is 56.1 Å². The molecule has 1 heterocycles. The third-order valence-corrected chi connectivity index (χ3v) is 5.75. The number of methoxy groups -OCH3 is 1. The summed E-state index contributed by atoms with van der Waals surface area (Å²) in [5.41, 5.74) is 4.95. The van der Waals surface area contributed by atoms with E-state index < -0.39 is 0 Å². The fourth-order valence-electron chi connectivity index (χ4n) is 3.19. The standard InChI is InChI=1S/C25H23N3O2S/c1-18-8-12-21(13-9-18)28-23(19-10-14-22(30-2)15-11-19)16-26-25(28)31-17-24(29)27-20-6-4-3-5-7-20/h3-16H,17H2,1-2H3,(H,27,29). The fourth-order valence-corrected chi connectivity index (χ4v) is 3.99. The number of thioether (sulfide) groups is 1.